The average Bonchev–Trinajstić information content (AvgIpc) is 3.24. The molecule has 1 N–H and O–H groups in total. The molecule has 150 valence electrons. The lowest BCUT2D eigenvalue weighted by molar-refractivity contribution is -0.139. The number of carbonyl (C=O) groups is 1. The molecule has 0 bridgehead atoms. The molecule has 0 radical (unpaired) electrons. The van der Waals surface area contributed by atoms with Gasteiger partial charge in [-0.2, -0.15) is 0 Å². The summed E-state index contributed by atoms with van der Waals surface area (Å²) in [6, 6.07) is 9.68. The molecular formula is C21H25NO5S. The predicted octanol–water partition coefficient (Wildman–Crippen LogP) is 3.89. The highest BCUT2D eigenvalue weighted by molar-refractivity contribution is 7.89. The highest BCUT2D eigenvalue weighted by Crippen LogP contribution is 2.23. The van der Waals surface area contributed by atoms with Gasteiger partial charge < -0.3 is 9.15 Å². The third kappa shape index (κ3) is 6.07. The average molecular weight is 404 g/mol. The van der Waals surface area contributed by atoms with Crippen molar-refractivity contribution in [1.29, 1.82) is 0 Å². The lowest BCUT2D eigenvalue weighted by atomic mass is 9.90. The van der Waals surface area contributed by atoms with Crippen LogP contribution >= 0.6 is 0 Å². The number of ether oxygens (including phenoxy) is 1. The highest BCUT2D eigenvalue weighted by atomic mass is 32.2. The fourth-order valence-electron chi connectivity index (χ4n) is 3.19. The van der Waals surface area contributed by atoms with Crippen molar-refractivity contribution >= 4 is 22.1 Å². The summed E-state index contributed by atoms with van der Waals surface area (Å²) in [5.41, 5.74) is 0.722. The number of hydrogen-bond acceptors (Lipinski definition) is 5. The zero-order valence-corrected chi connectivity index (χ0v) is 16.5. The first-order chi connectivity index (χ1) is 13.5. The van der Waals surface area contributed by atoms with Crippen molar-refractivity contribution in [3.63, 3.8) is 0 Å². The Bertz CT molecular complexity index is 879. The first-order valence-electron chi connectivity index (χ1n) is 9.50. The molecule has 0 amide bonds. The molecule has 1 aromatic carbocycles. The summed E-state index contributed by atoms with van der Waals surface area (Å²) >= 11 is 0. The van der Waals surface area contributed by atoms with Crippen molar-refractivity contribution in [3.8, 4) is 0 Å². The lowest BCUT2D eigenvalue weighted by Crippen LogP contribution is -2.22. The number of esters is 1. The Hall–Kier alpha value is -2.38. The molecule has 1 heterocycles. The highest BCUT2D eigenvalue weighted by Gasteiger charge is 2.15. The minimum Gasteiger partial charge on any atom is -0.468 e. The van der Waals surface area contributed by atoms with Crippen molar-refractivity contribution in [2.45, 2.75) is 43.5 Å². The van der Waals surface area contributed by atoms with Crippen molar-refractivity contribution < 1.29 is 22.4 Å². The number of furan rings is 1. The van der Waals surface area contributed by atoms with Gasteiger partial charge in [0.1, 0.15) is 5.76 Å². The summed E-state index contributed by atoms with van der Waals surface area (Å²) in [7, 11) is -3.63. The van der Waals surface area contributed by atoms with E-state index in [9.17, 15) is 13.2 Å². The van der Waals surface area contributed by atoms with Crippen LogP contribution in [0.15, 0.2) is 58.1 Å². The Morgan fingerprint density at radius 1 is 1.14 bits per heavy atom. The minimum atomic E-state index is -3.63. The number of carbonyl (C=O) groups excluding carboxylic acids is 1. The number of sulfonamides is 1. The van der Waals surface area contributed by atoms with Crippen molar-refractivity contribution in [2.75, 3.05) is 6.61 Å². The molecule has 0 spiro atoms. The van der Waals surface area contributed by atoms with Crippen molar-refractivity contribution in [1.82, 2.24) is 4.72 Å². The van der Waals surface area contributed by atoms with E-state index in [0.717, 1.165) is 18.4 Å². The third-order valence-corrected chi connectivity index (χ3v) is 6.22. The Morgan fingerprint density at radius 2 is 1.89 bits per heavy atom. The summed E-state index contributed by atoms with van der Waals surface area (Å²) < 4.78 is 37.5. The molecule has 2 aromatic rings. The third-order valence-electron chi connectivity index (χ3n) is 4.80. The Balaban J connectivity index is 1.50. The Kier molecular flexibility index (Phi) is 7.06. The molecule has 6 nitrogen and oxygen atoms in total. The van der Waals surface area contributed by atoms with Crippen molar-refractivity contribution in [3.05, 3.63) is 60.1 Å². The molecule has 0 atom stereocenters. The van der Waals surface area contributed by atoms with E-state index < -0.39 is 10.0 Å². The van der Waals surface area contributed by atoms with Gasteiger partial charge in [0.25, 0.3) is 0 Å². The molecule has 1 aromatic heterocycles. The Labute approximate surface area is 165 Å². The van der Waals surface area contributed by atoms with Crippen LogP contribution in [0.3, 0.4) is 0 Å². The van der Waals surface area contributed by atoms with Crippen LogP contribution in [0.4, 0.5) is 0 Å². The van der Waals surface area contributed by atoms with E-state index in [1.54, 1.807) is 30.3 Å². The van der Waals surface area contributed by atoms with Crippen LogP contribution in [0.1, 0.15) is 43.4 Å². The molecule has 3 rings (SSSR count). The molecule has 28 heavy (non-hydrogen) atoms. The predicted molar refractivity (Wildman–Crippen MR) is 106 cm³/mol. The number of rotatable bonds is 8. The number of hydrogen-bond donors (Lipinski definition) is 1. The summed E-state index contributed by atoms with van der Waals surface area (Å²) in [4.78, 5) is 12.0. The fourth-order valence-corrected chi connectivity index (χ4v) is 4.18. The van der Waals surface area contributed by atoms with Gasteiger partial charge in [-0.15, -0.1) is 0 Å². The topological polar surface area (TPSA) is 85.6 Å². The fraction of sp³-hybridized carbons (Fsp3) is 0.381. The van der Waals surface area contributed by atoms with Crippen LogP contribution in [0, 0.1) is 5.92 Å². The van der Waals surface area contributed by atoms with Crippen LogP contribution < -0.4 is 4.72 Å². The van der Waals surface area contributed by atoms with Gasteiger partial charge in [0, 0.05) is 6.08 Å². The largest absolute Gasteiger partial charge is 0.468 e. The lowest BCUT2D eigenvalue weighted by Gasteiger charge is -2.20. The maximum absolute atomic E-state index is 12.3. The van der Waals surface area contributed by atoms with E-state index in [2.05, 4.69) is 4.72 Å². The second kappa shape index (κ2) is 9.71. The smallest absolute Gasteiger partial charge is 0.330 e. The van der Waals surface area contributed by atoms with Gasteiger partial charge in [-0.1, -0.05) is 31.4 Å². The normalized spacial score (nSPS) is 15.7. The zero-order chi connectivity index (χ0) is 19.8. The molecule has 7 heteroatoms. The SMILES string of the molecule is O=C(/C=C/c1ccc(S(=O)(=O)NCc2ccco2)cc1)OCC1CCCCC1. The number of benzene rings is 1. The molecule has 1 aliphatic carbocycles. The van der Waals surface area contributed by atoms with E-state index >= 15 is 0 Å². The minimum absolute atomic E-state index is 0.0871. The quantitative estimate of drug-likeness (QED) is 0.534. The van der Waals surface area contributed by atoms with Crippen LogP contribution in [-0.4, -0.2) is 21.0 Å². The van der Waals surface area contributed by atoms with Gasteiger partial charge in [-0.25, -0.2) is 17.9 Å². The van der Waals surface area contributed by atoms with Gasteiger partial charge in [0.05, 0.1) is 24.3 Å². The van der Waals surface area contributed by atoms with Crippen LogP contribution in [0.25, 0.3) is 6.08 Å². The molecule has 1 fully saturated rings. The van der Waals surface area contributed by atoms with Gasteiger partial charge in [-0.05, 0) is 54.7 Å². The monoisotopic (exact) mass is 403 g/mol. The molecule has 0 unspecified atom stereocenters. The van der Waals surface area contributed by atoms with Gasteiger partial charge in [-0.3, -0.25) is 0 Å². The standard InChI is InChI=1S/C21H25NO5S/c23-21(27-16-18-5-2-1-3-6-18)13-10-17-8-11-20(12-9-17)28(24,25)22-15-19-7-4-14-26-19/h4,7-14,18,22H,1-3,5-6,15-16H2/b13-10+. The van der Waals surface area contributed by atoms with Crippen molar-refractivity contribution in [2.24, 2.45) is 5.92 Å². The molecule has 0 saturated heterocycles. The first kappa shape index (κ1) is 20.4. The van der Waals surface area contributed by atoms with Crippen LogP contribution in [0.5, 0.6) is 0 Å². The van der Waals surface area contributed by atoms with E-state index in [0.29, 0.717) is 18.3 Å². The van der Waals surface area contributed by atoms with Gasteiger partial charge >= 0.3 is 5.97 Å². The van der Waals surface area contributed by atoms with Crippen LogP contribution in [0.2, 0.25) is 0 Å². The maximum Gasteiger partial charge on any atom is 0.330 e. The van der Waals surface area contributed by atoms with E-state index in [1.807, 2.05) is 0 Å². The Morgan fingerprint density at radius 3 is 2.57 bits per heavy atom. The molecule has 1 aliphatic rings. The van der Waals surface area contributed by atoms with Gasteiger partial charge in [0.2, 0.25) is 10.0 Å². The second-order valence-electron chi connectivity index (χ2n) is 6.94. The second-order valence-corrected chi connectivity index (χ2v) is 8.71. The van der Waals surface area contributed by atoms with E-state index in [4.69, 9.17) is 9.15 Å². The van der Waals surface area contributed by atoms with E-state index in [-0.39, 0.29) is 17.4 Å². The summed E-state index contributed by atoms with van der Waals surface area (Å²) in [6.45, 7) is 0.561. The molecular weight excluding hydrogens is 378 g/mol. The molecule has 1 saturated carbocycles. The maximum atomic E-state index is 12.3. The zero-order valence-electron chi connectivity index (χ0n) is 15.7. The summed E-state index contributed by atoms with van der Waals surface area (Å²) in [5.74, 6) is 0.640. The van der Waals surface area contributed by atoms with Gasteiger partial charge in [0.15, 0.2) is 0 Å². The van der Waals surface area contributed by atoms with Crippen LogP contribution in [-0.2, 0) is 26.1 Å². The first-order valence-corrected chi connectivity index (χ1v) is 11.0. The van der Waals surface area contributed by atoms with E-state index in [1.165, 1.54) is 43.7 Å². The number of nitrogens with one attached hydrogen (secondary N) is 1. The summed E-state index contributed by atoms with van der Waals surface area (Å²) in [6.07, 6.45) is 10.4. The molecule has 0 aliphatic heterocycles. The summed E-state index contributed by atoms with van der Waals surface area (Å²) in [5, 5.41) is 0.